The molecule has 7 nitrogen and oxygen atoms in total. The van der Waals surface area contributed by atoms with Crippen molar-refractivity contribution in [3.63, 3.8) is 0 Å². The Morgan fingerprint density at radius 3 is 2.53 bits per heavy atom. The SMILES string of the molecule is O=[N+]([O-])c1ccc(-c2ccc([C@H]3[C@H](c4ccccn4)NC(=S)N3C3CCCCC3)o2)cc1. The fraction of sp³-hybridized carbons (Fsp3) is 0.333. The summed E-state index contributed by atoms with van der Waals surface area (Å²) < 4.78 is 6.34. The van der Waals surface area contributed by atoms with Crippen molar-refractivity contribution < 1.29 is 9.34 Å². The molecule has 2 aromatic heterocycles. The maximum atomic E-state index is 11.0. The molecule has 8 heteroatoms. The fourth-order valence-electron chi connectivity index (χ4n) is 4.84. The maximum Gasteiger partial charge on any atom is 0.269 e. The Balaban J connectivity index is 1.51. The Morgan fingerprint density at radius 1 is 1.06 bits per heavy atom. The molecule has 1 aliphatic heterocycles. The molecule has 0 amide bonds. The van der Waals surface area contributed by atoms with E-state index in [9.17, 15) is 10.1 Å². The van der Waals surface area contributed by atoms with Crippen molar-refractivity contribution >= 4 is 23.0 Å². The highest BCUT2D eigenvalue weighted by molar-refractivity contribution is 7.80. The Bertz CT molecular complexity index is 1110. The molecule has 0 radical (unpaired) electrons. The van der Waals surface area contributed by atoms with Crippen LogP contribution in [0.1, 0.15) is 55.6 Å². The van der Waals surface area contributed by atoms with E-state index in [0.717, 1.165) is 35.0 Å². The number of nitrogens with one attached hydrogen (secondary N) is 1. The molecule has 2 fully saturated rings. The van der Waals surface area contributed by atoms with Crippen molar-refractivity contribution in [1.82, 2.24) is 15.2 Å². The van der Waals surface area contributed by atoms with Gasteiger partial charge in [0.25, 0.3) is 5.69 Å². The minimum atomic E-state index is -0.401. The lowest BCUT2D eigenvalue weighted by atomic mass is 9.92. The average Bonchev–Trinajstić information content (AvgIpc) is 3.45. The molecule has 5 rings (SSSR count). The quantitative estimate of drug-likeness (QED) is 0.311. The molecule has 1 saturated carbocycles. The third kappa shape index (κ3) is 3.86. The van der Waals surface area contributed by atoms with Crippen LogP contribution in [-0.2, 0) is 0 Å². The van der Waals surface area contributed by atoms with Crippen molar-refractivity contribution in [2.24, 2.45) is 0 Å². The van der Waals surface area contributed by atoms with Gasteiger partial charge >= 0.3 is 0 Å². The molecule has 1 saturated heterocycles. The van der Waals surface area contributed by atoms with E-state index in [4.69, 9.17) is 16.6 Å². The summed E-state index contributed by atoms with van der Waals surface area (Å²) in [5.74, 6) is 1.49. The van der Waals surface area contributed by atoms with Gasteiger partial charge in [-0.1, -0.05) is 25.3 Å². The number of nitrogens with zero attached hydrogens (tertiary/aromatic N) is 3. The summed E-state index contributed by atoms with van der Waals surface area (Å²) in [6.45, 7) is 0. The fourth-order valence-corrected chi connectivity index (χ4v) is 5.23. The third-order valence-electron chi connectivity index (χ3n) is 6.38. The molecule has 164 valence electrons. The largest absolute Gasteiger partial charge is 0.459 e. The van der Waals surface area contributed by atoms with E-state index >= 15 is 0 Å². The molecule has 1 N–H and O–H groups in total. The average molecular weight is 449 g/mol. The first kappa shape index (κ1) is 20.6. The number of furan rings is 1. The molecule has 2 aliphatic rings. The molecule has 0 unspecified atom stereocenters. The van der Waals surface area contributed by atoms with Gasteiger partial charge in [0.2, 0.25) is 0 Å². The summed E-state index contributed by atoms with van der Waals surface area (Å²) in [4.78, 5) is 17.5. The number of nitro groups is 1. The number of aromatic nitrogens is 1. The highest BCUT2D eigenvalue weighted by Crippen LogP contribution is 2.43. The molecule has 3 aromatic rings. The second-order valence-corrected chi connectivity index (χ2v) is 8.72. The van der Waals surface area contributed by atoms with Crippen LogP contribution in [-0.4, -0.2) is 26.0 Å². The Kier molecular flexibility index (Phi) is 5.61. The van der Waals surface area contributed by atoms with Crippen LogP contribution in [0, 0.1) is 10.1 Å². The summed E-state index contributed by atoms with van der Waals surface area (Å²) in [7, 11) is 0. The second-order valence-electron chi connectivity index (χ2n) is 8.33. The van der Waals surface area contributed by atoms with Gasteiger partial charge in [-0.3, -0.25) is 15.1 Å². The van der Waals surface area contributed by atoms with Crippen molar-refractivity contribution in [3.05, 3.63) is 82.4 Å². The number of hydrogen-bond acceptors (Lipinski definition) is 5. The highest BCUT2D eigenvalue weighted by Gasteiger charge is 2.44. The molecular formula is C24H24N4O3S. The van der Waals surface area contributed by atoms with Crippen molar-refractivity contribution in [3.8, 4) is 11.3 Å². The van der Waals surface area contributed by atoms with Gasteiger partial charge in [0.15, 0.2) is 5.11 Å². The topological polar surface area (TPSA) is 84.4 Å². The van der Waals surface area contributed by atoms with E-state index in [-0.39, 0.29) is 17.8 Å². The van der Waals surface area contributed by atoms with E-state index in [1.54, 1.807) is 18.3 Å². The molecule has 32 heavy (non-hydrogen) atoms. The lowest BCUT2D eigenvalue weighted by molar-refractivity contribution is -0.384. The molecule has 0 bridgehead atoms. The van der Waals surface area contributed by atoms with Gasteiger partial charge in [0, 0.05) is 29.9 Å². The second kappa shape index (κ2) is 8.70. The van der Waals surface area contributed by atoms with E-state index in [1.165, 1.54) is 31.4 Å². The number of benzene rings is 1. The first-order valence-corrected chi connectivity index (χ1v) is 11.4. The summed E-state index contributed by atoms with van der Waals surface area (Å²) in [5.41, 5.74) is 1.78. The van der Waals surface area contributed by atoms with E-state index in [0.29, 0.717) is 11.8 Å². The summed E-state index contributed by atoms with van der Waals surface area (Å²) in [6, 6.07) is 16.4. The van der Waals surface area contributed by atoms with Crippen LogP contribution in [0.2, 0.25) is 0 Å². The van der Waals surface area contributed by atoms with Crippen LogP contribution in [0.15, 0.2) is 65.2 Å². The Hall–Kier alpha value is -3.26. The molecule has 3 heterocycles. The summed E-state index contributed by atoms with van der Waals surface area (Å²) in [6.07, 6.45) is 7.70. The predicted octanol–water partition coefficient (Wildman–Crippen LogP) is 5.56. The lowest BCUT2D eigenvalue weighted by Crippen LogP contribution is -2.40. The van der Waals surface area contributed by atoms with Crippen LogP contribution in [0.3, 0.4) is 0 Å². The first-order valence-electron chi connectivity index (χ1n) is 11.0. The van der Waals surface area contributed by atoms with E-state index in [2.05, 4.69) is 15.2 Å². The van der Waals surface area contributed by atoms with Gasteiger partial charge in [-0.25, -0.2) is 0 Å². The van der Waals surface area contributed by atoms with E-state index in [1.807, 2.05) is 30.3 Å². The van der Waals surface area contributed by atoms with Crippen molar-refractivity contribution in [2.45, 2.75) is 50.2 Å². The monoisotopic (exact) mass is 448 g/mol. The molecule has 0 spiro atoms. The number of non-ortho nitro benzene ring substituents is 1. The summed E-state index contributed by atoms with van der Waals surface area (Å²) >= 11 is 5.80. The van der Waals surface area contributed by atoms with Crippen LogP contribution in [0.25, 0.3) is 11.3 Å². The van der Waals surface area contributed by atoms with E-state index < -0.39 is 4.92 Å². The van der Waals surface area contributed by atoms with Crippen LogP contribution >= 0.6 is 12.2 Å². The lowest BCUT2D eigenvalue weighted by Gasteiger charge is -2.36. The van der Waals surface area contributed by atoms with Gasteiger partial charge in [0.1, 0.15) is 17.6 Å². The van der Waals surface area contributed by atoms with Gasteiger partial charge in [-0.15, -0.1) is 0 Å². The third-order valence-corrected chi connectivity index (χ3v) is 6.71. The molecule has 2 atom stereocenters. The zero-order valence-electron chi connectivity index (χ0n) is 17.5. The zero-order valence-corrected chi connectivity index (χ0v) is 18.3. The number of thiocarbonyl (C=S) groups is 1. The highest BCUT2D eigenvalue weighted by atomic mass is 32.1. The van der Waals surface area contributed by atoms with Crippen molar-refractivity contribution in [1.29, 1.82) is 0 Å². The number of rotatable bonds is 5. The van der Waals surface area contributed by atoms with Crippen molar-refractivity contribution in [2.75, 3.05) is 0 Å². The van der Waals surface area contributed by atoms with Crippen LogP contribution < -0.4 is 5.32 Å². The normalized spacial score (nSPS) is 21.5. The minimum Gasteiger partial charge on any atom is -0.459 e. The van der Waals surface area contributed by atoms with Crippen LogP contribution in [0.5, 0.6) is 0 Å². The molecule has 1 aliphatic carbocycles. The number of pyridine rings is 1. The number of hydrogen-bond donors (Lipinski definition) is 1. The van der Waals surface area contributed by atoms with Gasteiger partial charge in [-0.2, -0.15) is 0 Å². The molecular weight excluding hydrogens is 424 g/mol. The molecule has 1 aromatic carbocycles. The van der Waals surface area contributed by atoms with Gasteiger partial charge in [0.05, 0.1) is 16.7 Å². The smallest absolute Gasteiger partial charge is 0.269 e. The first-order chi connectivity index (χ1) is 15.6. The van der Waals surface area contributed by atoms with Gasteiger partial charge in [-0.05, 0) is 61.5 Å². The maximum absolute atomic E-state index is 11.0. The standard InChI is InChI=1S/C24H24N4O3S/c29-28(30)18-11-9-16(10-12-18)20-13-14-21(31-20)23-22(19-8-4-5-15-25-19)26-24(32)27(23)17-6-2-1-3-7-17/h4-5,8-15,17,22-23H,1-3,6-7H2,(H,26,32)/t22-,23-/m0/s1. The van der Waals surface area contributed by atoms with Gasteiger partial charge < -0.3 is 14.6 Å². The minimum absolute atomic E-state index is 0.0598. The number of nitro benzene ring substituents is 1. The summed E-state index contributed by atoms with van der Waals surface area (Å²) in [5, 5.41) is 15.2. The Labute approximate surface area is 191 Å². The van der Waals surface area contributed by atoms with Crippen LogP contribution in [0.4, 0.5) is 5.69 Å². The Morgan fingerprint density at radius 2 is 1.84 bits per heavy atom. The predicted molar refractivity (Wildman–Crippen MR) is 125 cm³/mol. The zero-order chi connectivity index (χ0) is 22.1.